The Kier molecular flexibility index (Phi) is 3.70. The minimum absolute atomic E-state index is 0.00788. The first kappa shape index (κ1) is 10.8. The average molecular weight is 199 g/mol. The monoisotopic (exact) mass is 199 g/mol. The van der Waals surface area contributed by atoms with Gasteiger partial charge in [-0.1, -0.05) is 0 Å². The summed E-state index contributed by atoms with van der Waals surface area (Å²) in [4.78, 5) is 15.0. The summed E-state index contributed by atoms with van der Waals surface area (Å²) >= 11 is 0. The van der Waals surface area contributed by atoms with E-state index in [-0.39, 0.29) is 23.8 Å². The topological polar surface area (TPSA) is 120 Å². The van der Waals surface area contributed by atoms with Crippen LogP contribution in [-0.2, 0) is 4.79 Å². The Morgan fingerprint density at radius 1 is 1.21 bits per heavy atom. The minimum atomic E-state index is -0.211. The molecule has 1 saturated carbocycles. The second kappa shape index (κ2) is 4.80. The molecule has 1 rings (SSSR count). The van der Waals surface area contributed by atoms with Crippen molar-refractivity contribution in [3.63, 3.8) is 0 Å². The van der Waals surface area contributed by atoms with Gasteiger partial charge in [0, 0.05) is 5.92 Å². The summed E-state index contributed by atoms with van der Waals surface area (Å²) in [5.74, 6) is 5.13. The first-order valence-corrected chi connectivity index (χ1v) is 4.72. The summed E-state index contributed by atoms with van der Waals surface area (Å²) < 4.78 is 0. The molecule has 0 aromatic rings. The molecule has 0 atom stereocenters. The van der Waals surface area contributed by atoms with Crippen molar-refractivity contribution in [1.82, 2.24) is 5.43 Å². The molecule has 0 saturated heterocycles. The zero-order valence-corrected chi connectivity index (χ0v) is 8.07. The zero-order chi connectivity index (χ0) is 10.6. The molecule has 0 unspecified atom stereocenters. The van der Waals surface area contributed by atoms with Crippen LogP contribution in [0.15, 0.2) is 4.99 Å². The number of amides is 1. The molecule has 14 heavy (non-hydrogen) atoms. The Bertz CT molecular complexity index is 232. The maximum absolute atomic E-state index is 10.9. The molecule has 1 aliphatic carbocycles. The van der Waals surface area contributed by atoms with E-state index in [9.17, 15) is 4.79 Å². The van der Waals surface area contributed by atoms with Crippen molar-refractivity contribution in [3.8, 4) is 0 Å². The summed E-state index contributed by atoms with van der Waals surface area (Å²) in [6.45, 7) is 0. The third-order valence-corrected chi connectivity index (χ3v) is 2.57. The summed E-state index contributed by atoms with van der Waals surface area (Å²) in [6, 6.07) is 0.168. The fourth-order valence-electron chi connectivity index (χ4n) is 1.72. The fourth-order valence-corrected chi connectivity index (χ4v) is 1.72. The Labute approximate surface area is 82.9 Å². The predicted octanol–water partition coefficient (Wildman–Crippen LogP) is -1.19. The molecule has 0 spiro atoms. The van der Waals surface area contributed by atoms with Gasteiger partial charge in [-0.15, -0.1) is 0 Å². The van der Waals surface area contributed by atoms with E-state index in [4.69, 9.17) is 17.3 Å². The molecule has 80 valence electrons. The summed E-state index contributed by atoms with van der Waals surface area (Å²) in [6.07, 6.45) is 3.27. The maximum atomic E-state index is 10.9. The Hall–Kier alpha value is -1.30. The number of primary amides is 1. The van der Waals surface area contributed by atoms with Gasteiger partial charge >= 0.3 is 0 Å². The molecule has 0 radical (unpaired) electrons. The quantitative estimate of drug-likeness (QED) is 0.193. The van der Waals surface area contributed by atoms with E-state index in [1.807, 2.05) is 0 Å². The number of hydrazine groups is 1. The first-order chi connectivity index (χ1) is 6.63. The second-order valence-corrected chi connectivity index (χ2v) is 3.57. The van der Waals surface area contributed by atoms with Gasteiger partial charge in [-0.05, 0) is 25.7 Å². The first-order valence-electron chi connectivity index (χ1n) is 4.72. The van der Waals surface area contributed by atoms with Gasteiger partial charge in [-0.2, -0.15) is 0 Å². The van der Waals surface area contributed by atoms with Crippen LogP contribution < -0.4 is 22.7 Å². The standard InChI is InChI=1S/C8H17N5O/c9-7(14)5-1-3-6(4-2-5)12-8(10)13-11/h5-6H,1-4,11H2,(H2,9,14)(H3,10,12,13). The molecule has 1 fully saturated rings. The van der Waals surface area contributed by atoms with E-state index in [2.05, 4.69) is 10.4 Å². The number of nitrogens with two attached hydrogens (primary N) is 3. The normalized spacial score (nSPS) is 28.5. The van der Waals surface area contributed by atoms with Crippen molar-refractivity contribution < 1.29 is 4.79 Å². The Balaban J connectivity index is 2.39. The van der Waals surface area contributed by atoms with Crippen LogP contribution in [-0.4, -0.2) is 17.9 Å². The predicted molar refractivity (Wildman–Crippen MR) is 53.9 cm³/mol. The van der Waals surface area contributed by atoms with Crippen LogP contribution in [0.3, 0.4) is 0 Å². The van der Waals surface area contributed by atoms with Gasteiger partial charge in [0.2, 0.25) is 11.9 Å². The molecule has 0 bridgehead atoms. The lowest BCUT2D eigenvalue weighted by molar-refractivity contribution is -0.122. The molecule has 0 aromatic heterocycles. The number of carbonyl (C=O) groups is 1. The van der Waals surface area contributed by atoms with Gasteiger partial charge < -0.3 is 11.5 Å². The maximum Gasteiger partial charge on any atom is 0.220 e. The lowest BCUT2D eigenvalue weighted by Gasteiger charge is -2.24. The van der Waals surface area contributed by atoms with Gasteiger partial charge in [0.1, 0.15) is 0 Å². The van der Waals surface area contributed by atoms with E-state index < -0.39 is 0 Å². The van der Waals surface area contributed by atoms with Crippen LogP contribution >= 0.6 is 0 Å². The van der Waals surface area contributed by atoms with Crippen molar-refractivity contribution in [3.05, 3.63) is 0 Å². The molecule has 0 heterocycles. The van der Waals surface area contributed by atoms with Crippen LogP contribution in [0.5, 0.6) is 0 Å². The van der Waals surface area contributed by atoms with E-state index in [0.717, 1.165) is 25.7 Å². The number of hydrogen-bond donors (Lipinski definition) is 4. The largest absolute Gasteiger partial charge is 0.369 e. The van der Waals surface area contributed by atoms with Crippen molar-refractivity contribution in [2.45, 2.75) is 31.7 Å². The molecule has 0 aliphatic heterocycles. The highest BCUT2D eigenvalue weighted by Crippen LogP contribution is 2.25. The van der Waals surface area contributed by atoms with Gasteiger partial charge in [0.05, 0.1) is 6.04 Å². The van der Waals surface area contributed by atoms with Gasteiger partial charge in [0.25, 0.3) is 0 Å². The van der Waals surface area contributed by atoms with Crippen molar-refractivity contribution in [2.75, 3.05) is 0 Å². The highest BCUT2D eigenvalue weighted by Gasteiger charge is 2.24. The van der Waals surface area contributed by atoms with Gasteiger partial charge in [-0.3, -0.25) is 10.2 Å². The number of nitrogens with zero attached hydrogens (tertiary/aromatic N) is 1. The molecule has 6 heteroatoms. The van der Waals surface area contributed by atoms with Crippen molar-refractivity contribution in [1.29, 1.82) is 0 Å². The third-order valence-electron chi connectivity index (χ3n) is 2.57. The van der Waals surface area contributed by atoms with E-state index in [0.29, 0.717) is 0 Å². The minimum Gasteiger partial charge on any atom is -0.369 e. The van der Waals surface area contributed by atoms with E-state index in [1.165, 1.54) is 0 Å². The number of carbonyl (C=O) groups excluding carboxylic acids is 1. The summed E-state index contributed by atoms with van der Waals surface area (Å²) in [5, 5.41) is 0. The zero-order valence-electron chi connectivity index (χ0n) is 8.07. The molecule has 1 aliphatic rings. The van der Waals surface area contributed by atoms with Crippen molar-refractivity contribution in [2.24, 2.45) is 28.2 Å². The molecule has 6 nitrogen and oxygen atoms in total. The Morgan fingerprint density at radius 2 is 1.79 bits per heavy atom. The molecular weight excluding hydrogens is 182 g/mol. The molecule has 1 amide bonds. The molecule has 0 aromatic carbocycles. The average Bonchev–Trinajstić information content (AvgIpc) is 2.18. The lowest BCUT2D eigenvalue weighted by Crippen LogP contribution is -2.38. The number of rotatable bonds is 2. The Morgan fingerprint density at radius 3 is 2.21 bits per heavy atom. The summed E-state index contributed by atoms with van der Waals surface area (Å²) in [5.41, 5.74) is 12.9. The lowest BCUT2D eigenvalue weighted by atomic mass is 9.86. The van der Waals surface area contributed by atoms with Crippen LogP contribution in [0.4, 0.5) is 0 Å². The van der Waals surface area contributed by atoms with Crippen LogP contribution in [0, 0.1) is 5.92 Å². The molecular formula is C8H17N5O. The SMILES string of the molecule is NNC(N)=NC1CCC(C(N)=O)CC1. The fraction of sp³-hybridized carbons (Fsp3) is 0.750. The van der Waals surface area contributed by atoms with E-state index in [1.54, 1.807) is 0 Å². The highest BCUT2D eigenvalue weighted by molar-refractivity contribution is 5.77. The third kappa shape index (κ3) is 2.88. The number of nitrogens with one attached hydrogen (secondary N) is 1. The molecule has 7 N–H and O–H groups in total. The van der Waals surface area contributed by atoms with Crippen LogP contribution in [0.25, 0.3) is 0 Å². The second-order valence-electron chi connectivity index (χ2n) is 3.57. The van der Waals surface area contributed by atoms with E-state index >= 15 is 0 Å². The van der Waals surface area contributed by atoms with Crippen LogP contribution in [0.1, 0.15) is 25.7 Å². The summed E-state index contributed by atoms with van der Waals surface area (Å²) in [7, 11) is 0. The highest BCUT2D eigenvalue weighted by atomic mass is 16.1. The van der Waals surface area contributed by atoms with Crippen LogP contribution in [0.2, 0.25) is 0 Å². The van der Waals surface area contributed by atoms with Gasteiger partial charge in [-0.25, -0.2) is 10.8 Å². The smallest absolute Gasteiger partial charge is 0.220 e. The van der Waals surface area contributed by atoms with Crippen molar-refractivity contribution >= 4 is 11.9 Å². The number of aliphatic imine (C=N–C) groups is 1. The van der Waals surface area contributed by atoms with Gasteiger partial charge in [0.15, 0.2) is 0 Å². The number of guanidine groups is 1. The number of hydrogen-bond acceptors (Lipinski definition) is 3.